The highest BCUT2D eigenvalue weighted by Gasteiger charge is 2.09. The van der Waals surface area contributed by atoms with E-state index < -0.39 is 0 Å². The average molecular weight is 341 g/mol. The minimum atomic E-state index is 0.293. The van der Waals surface area contributed by atoms with Gasteiger partial charge < -0.3 is 5.43 Å². The zero-order valence-corrected chi connectivity index (χ0v) is 13.4. The molecule has 3 N–H and O–H groups in total. The minimum absolute atomic E-state index is 0.293. The fourth-order valence-electron chi connectivity index (χ4n) is 1.54. The van der Waals surface area contributed by atoms with Crippen LogP contribution in [0, 0.1) is 0 Å². The van der Waals surface area contributed by atoms with Gasteiger partial charge >= 0.3 is 0 Å². The van der Waals surface area contributed by atoms with Crippen LogP contribution in [0.5, 0.6) is 0 Å². The molecule has 0 unspecified atom stereocenters. The van der Waals surface area contributed by atoms with Gasteiger partial charge in [0.2, 0.25) is 0 Å². The molecule has 3 heterocycles. The van der Waals surface area contributed by atoms with E-state index in [-0.39, 0.29) is 0 Å². The van der Waals surface area contributed by atoms with Gasteiger partial charge in [0.15, 0.2) is 22.4 Å². The van der Waals surface area contributed by atoms with Crippen LogP contribution in [0.3, 0.4) is 0 Å². The van der Waals surface area contributed by atoms with Crippen molar-refractivity contribution in [3.05, 3.63) is 40.4 Å². The SMILES string of the molecule is CC(C)c1nnc2ccc(Cl)nn12.NNc1ccc(Cl)nn1. The summed E-state index contributed by atoms with van der Waals surface area (Å²) in [6, 6.07) is 6.74. The lowest BCUT2D eigenvalue weighted by atomic mass is 10.2. The first-order valence-corrected chi connectivity index (χ1v) is 7.10. The number of halogens is 2. The normalized spacial score (nSPS) is 10.5. The van der Waals surface area contributed by atoms with E-state index >= 15 is 0 Å². The Bertz CT molecular complexity index is 740. The van der Waals surface area contributed by atoms with Gasteiger partial charge in [0.25, 0.3) is 0 Å². The van der Waals surface area contributed by atoms with Gasteiger partial charge in [-0.2, -0.15) is 9.61 Å². The molecule has 0 radical (unpaired) electrons. The molecule has 0 aliphatic carbocycles. The monoisotopic (exact) mass is 340 g/mol. The molecule has 3 aromatic heterocycles. The maximum Gasteiger partial charge on any atom is 0.178 e. The Morgan fingerprint density at radius 1 is 1.00 bits per heavy atom. The van der Waals surface area contributed by atoms with Crippen LogP contribution in [0.1, 0.15) is 25.6 Å². The van der Waals surface area contributed by atoms with Gasteiger partial charge in [-0.1, -0.05) is 37.0 Å². The molecule has 0 aromatic carbocycles. The Labute approximate surface area is 136 Å². The van der Waals surface area contributed by atoms with Crippen molar-refractivity contribution in [3.8, 4) is 0 Å². The Kier molecular flexibility index (Phi) is 5.42. The molecule has 0 amide bonds. The van der Waals surface area contributed by atoms with E-state index in [4.69, 9.17) is 29.0 Å². The van der Waals surface area contributed by atoms with Gasteiger partial charge in [-0.05, 0) is 24.3 Å². The summed E-state index contributed by atoms with van der Waals surface area (Å²) in [7, 11) is 0. The maximum atomic E-state index is 5.76. The number of aromatic nitrogens is 6. The fraction of sp³-hybridized carbons (Fsp3) is 0.250. The molecule has 0 aliphatic heterocycles. The van der Waals surface area contributed by atoms with Crippen LogP contribution in [0.25, 0.3) is 5.65 Å². The largest absolute Gasteiger partial charge is 0.307 e. The second-order valence-corrected chi connectivity index (χ2v) is 5.30. The van der Waals surface area contributed by atoms with E-state index in [0.29, 0.717) is 22.0 Å². The fourth-order valence-corrected chi connectivity index (χ4v) is 1.78. The standard InChI is InChI=1S/C8H9ClN4.C4H5ClN4/c1-5(2)8-11-10-7-4-3-6(9)12-13(7)8;5-3-1-2-4(7-6)9-8-3/h3-5H,1-2H3;1-2H,6H2,(H,7,9). The smallest absolute Gasteiger partial charge is 0.178 e. The van der Waals surface area contributed by atoms with E-state index in [1.54, 1.807) is 28.8 Å². The Morgan fingerprint density at radius 3 is 2.32 bits per heavy atom. The van der Waals surface area contributed by atoms with Crippen molar-refractivity contribution in [1.82, 2.24) is 30.0 Å². The van der Waals surface area contributed by atoms with E-state index in [9.17, 15) is 0 Å². The highest BCUT2D eigenvalue weighted by molar-refractivity contribution is 6.29. The quantitative estimate of drug-likeness (QED) is 0.544. The summed E-state index contributed by atoms with van der Waals surface area (Å²) in [6.45, 7) is 4.08. The highest BCUT2D eigenvalue weighted by atomic mass is 35.5. The van der Waals surface area contributed by atoms with Crippen LogP contribution >= 0.6 is 23.2 Å². The van der Waals surface area contributed by atoms with Crippen molar-refractivity contribution in [1.29, 1.82) is 0 Å². The molecule has 0 atom stereocenters. The highest BCUT2D eigenvalue weighted by Crippen LogP contribution is 2.13. The first kappa shape index (κ1) is 16.3. The number of nitrogens with zero attached hydrogens (tertiary/aromatic N) is 6. The summed E-state index contributed by atoms with van der Waals surface area (Å²) >= 11 is 11.2. The van der Waals surface area contributed by atoms with Gasteiger partial charge in [-0.25, -0.2) is 5.84 Å². The van der Waals surface area contributed by atoms with Crippen LogP contribution in [0.2, 0.25) is 10.3 Å². The molecule has 0 saturated carbocycles. The molecular formula is C12H14Cl2N8. The third-order valence-corrected chi connectivity index (χ3v) is 2.95. The number of anilines is 1. The molecule has 10 heteroatoms. The molecule has 0 aliphatic rings. The molecule has 8 nitrogen and oxygen atoms in total. The van der Waals surface area contributed by atoms with Gasteiger partial charge in [-0.3, -0.25) is 0 Å². The Morgan fingerprint density at radius 2 is 1.73 bits per heavy atom. The Balaban J connectivity index is 0.000000172. The summed E-state index contributed by atoms with van der Waals surface area (Å²) in [6.07, 6.45) is 0. The van der Waals surface area contributed by atoms with Crippen molar-refractivity contribution in [3.63, 3.8) is 0 Å². The topological polar surface area (TPSA) is 107 Å². The number of hydrogen-bond acceptors (Lipinski definition) is 7. The van der Waals surface area contributed by atoms with Crippen LogP contribution in [-0.2, 0) is 0 Å². The third-order valence-electron chi connectivity index (χ3n) is 2.55. The van der Waals surface area contributed by atoms with Crippen molar-refractivity contribution >= 4 is 34.7 Å². The van der Waals surface area contributed by atoms with Crippen LogP contribution in [-0.4, -0.2) is 30.0 Å². The Hall–Kier alpha value is -2.03. The minimum Gasteiger partial charge on any atom is -0.307 e. The molecule has 3 aromatic rings. The molecule has 3 rings (SSSR count). The summed E-state index contributed by atoms with van der Waals surface area (Å²) < 4.78 is 1.67. The lowest BCUT2D eigenvalue weighted by Crippen LogP contribution is -2.08. The van der Waals surface area contributed by atoms with Crippen LogP contribution in [0.4, 0.5) is 5.82 Å². The first-order valence-electron chi connectivity index (χ1n) is 6.35. The van der Waals surface area contributed by atoms with Crippen LogP contribution in [0.15, 0.2) is 24.3 Å². The van der Waals surface area contributed by atoms with Crippen LogP contribution < -0.4 is 11.3 Å². The van der Waals surface area contributed by atoms with E-state index in [0.717, 1.165) is 11.5 Å². The van der Waals surface area contributed by atoms with Gasteiger partial charge in [-0.15, -0.1) is 20.4 Å². The average Bonchev–Trinajstić information content (AvgIpc) is 2.92. The number of nitrogen functional groups attached to an aromatic ring is 1. The molecule has 0 fully saturated rings. The lowest BCUT2D eigenvalue weighted by molar-refractivity contribution is 0.721. The van der Waals surface area contributed by atoms with E-state index in [1.165, 1.54) is 0 Å². The van der Waals surface area contributed by atoms with Crippen molar-refractivity contribution in [2.75, 3.05) is 5.43 Å². The van der Waals surface area contributed by atoms with Gasteiger partial charge in [0.1, 0.15) is 5.15 Å². The molecule has 0 bridgehead atoms. The third kappa shape index (κ3) is 4.00. The number of hydrogen-bond donors (Lipinski definition) is 2. The molecule has 116 valence electrons. The van der Waals surface area contributed by atoms with Crippen molar-refractivity contribution < 1.29 is 0 Å². The predicted molar refractivity (Wildman–Crippen MR) is 84.7 cm³/mol. The van der Waals surface area contributed by atoms with Gasteiger partial charge in [0.05, 0.1) is 0 Å². The van der Waals surface area contributed by atoms with Gasteiger partial charge in [0, 0.05) is 5.92 Å². The summed E-state index contributed by atoms with van der Waals surface area (Å²) in [5, 5.41) is 20.0. The second kappa shape index (κ2) is 7.30. The number of nitrogens with two attached hydrogens (primary N) is 1. The second-order valence-electron chi connectivity index (χ2n) is 4.52. The molecular weight excluding hydrogens is 327 g/mol. The summed E-state index contributed by atoms with van der Waals surface area (Å²) in [4.78, 5) is 0. The number of hydrazine groups is 1. The molecule has 0 spiro atoms. The lowest BCUT2D eigenvalue weighted by Gasteiger charge is -2.00. The first-order chi connectivity index (χ1) is 10.5. The maximum absolute atomic E-state index is 5.76. The predicted octanol–water partition coefficient (Wildman–Crippen LogP) is 2.32. The zero-order chi connectivity index (χ0) is 16.1. The summed E-state index contributed by atoms with van der Waals surface area (Å²) in [5.41, 5.74) is 3.05. The number of rotatable bonds is 2. The molecule has 0 saturated heterocycles. The van der Waals surface area contributed by atoms with Crippen molar-refractivity contribution in [2.45, 2.75) is 19.8 Å². The summed E-state index contributed by atoms with van der Waals surface area (Å²) in [5.74, 6) is 6.63. The van der Waals surface area contributed by atoms with E-state index in [1.807, 2.05) is 13.8 Å². The number of nitrogens with one attached hydrogen (secondary N) is 1. The number of fused-ring (bicyclic) bond motifs is 1. The van der Waals surface area contributed by atoms with E-state index in [2.05, 4.69) is 30.9 Å². The zero-order valence-electron chi connectivity index (χ0n) is 11.9. The molecule has 22 heavy (non-hydrogen) atoms. The van der Waals surface area contributed by atoms with Crippen molar-refractivity contribution in [2.24, 2.45) is 5.84 Å².